The first-order valence-electron chi connectivity index (χ1n) is 8.49. The molecule has 2 aromatic rings. The van der Waals surface area contributed by atoms with Crippen LogP contribution in [0.3, 0.4) is 0 Å². The molecular formula is C19H25N3O2S. The molecule has 1 heterocycles. The number of nitrogens with zero attached hydrogens (tertiary/aromatic N) is 2. The smallest absolute Gasteiger partial charge is 0.261 e. The molecule has 0 unspecified atom stereocenters. The van der Waals surface area contributed by atoms with Gasteiger partial charge in [-0.2, -0.15) is 0 Å². The molecule has 0 aromatic heterocycles. The number of hydrogen-bond acceptors (Lipinski definition) is 4. The first-order valence-corrected chi connectivity index (χ1v) is 9.97. The predicted molar refractivity (Wildman–Crippen MR) is 103 cm³/mol. The van der Waals surface area contributed by atoms with Gasteiger partial charge in [0.25, 0.3) is 10.0 Å². The Balaban J connectivity index is 1.79. The third-order valence-corrected chi connectivity index (χ3v) is 5.99. The molecule has 1 aliphatic heterocycles. The molecule has 2 aromatic carbocycles. The lowest BCUT2D eigenvalue weighted by Gasteiger charge is -2.34. The van der Waals surface area contributed by atoms with Gasteiger partial charge in [-0.1, -0.05) is 12.1 Å². The summed E-state index contributed by atoms with van der Waals surface area (Å²) in [6.45, 7) is 7.89. The van der Waals surface area contributed by atoms with E-state index in [0.29, 0.717) is 5.69 Å². The van der Waals surface area contributed by atoms with Crippen molar-refractivity contribution in [2.75, 3.05) is 42.8 Å². The van der Waals surface area contributed by atoms with Gasteiger partial charge in [-0.15, -0.1) is 0 Å². The van der Waals surface area contributed by atoms with Crippen LogP contribution in [0.2, 0.25) is 0 Å². The van der Waals surface area contributed by atoms with Gasteiger partial charge in [-0.25, -0.2) is 8.42 Å². The summed E-state index contributed by atoms with van der Waals surface area (Å²) >= 11 is 0. The van der Waals surface area contributed by atoms with E-state index in [0.717, 1.165) is 43.0 Å². The molecule has 0 spiro atoms. The van der Waals surface area contributed by atoms with Gasteiger partial charge in [0.2, 0.25) is 0 Å². The number of sulfonamides is 1. The van der Waals surface area contributed by atoms with Crippen LogP contribution in [0.5, 0.6) is 0 Å². The molecule has 0 amide bonds. The van der Waals surface area contributed by atoms with Crippen LogP contribution in [0.15, 0.2) is 47.4 Å². The summed E-state index contributed by atoms with van der Waals surface area (Å²) in [5, 5.41) is 0. The van der Waals surface area contributed by atoms with Gasteiger partial charge in [-0.05, 0) is 62.4 Å². The standard InChI is InChI=1S/C19H25N3O2S/c1-15-5-4-6-18(13-15)25(23,24)20-19-8-7-17(14-16(19)2)22-11-9-21(3)10-12-22/h4-8,13-14,20H,9-12H2,1-3H3. The molecule has 0 atom stereocenters. The van der Waals surface area contributed by atoms with Crippen molar-refractivity contribution in [3.63, 3.8) is 0 Å². The van der Waals surface area contributed by atoms with Crippen LogP contribution in [-0.2, 0) is 10.0 Å². The molecule has 6 heteroatoms. The van der Waals surface area contributed by atoms with E-state index in [1.54, 1.807) is 18.2 Å². The van der Waals surface area contributed by atoms with Crippen molar-refractivity contribution in [2.24, 2.45) is 0 Å². The second-order valence-electron chi connectivity index (χ2n) is 6.71. The van der Waals surface area contributed by atoms with Crippen LogP contribution < -0.4 is 9.62 Å². The fraction of sp³-hybridized carbons (Fsp3) is 0.368. The highest BCUT2D eigenvalue weighted by Gasteiger charge is 2.18. The largest absolute Gasteiger partial charge is 0.369 e. The topological polar surface area (TPSA) is 52.7 Å². The van der Waals surface area contributed by atoms with Crippen molar-refractivity contribution in [3.05, 3.63) is 53.6 Å². The first kappa shape index (κ1) is 17.8. The molecule has 3 rings (SSSR count). The molecule has 1 fully saturated rings. The Bertz CT molecular complexity index is 857. The van der Waals surface area contributed by atoms with E-state index < -0.39 is 10.0 Å². The van der Waals surface area contributed by atoms with Crippen molar-refractivity contribution >= 4 is 21.4 Å². The van der Waals surface area contributed by atoms with Gasteiger partial charge in [0.05, 0.1) is 10.6 Å². The zero-order valence-electron chi connectivity index (χ0n) is 15.0. The SMILES string of the molecule is Cc1cccc(S(=O)(=O)Nc2ccc(N3CCN(C)CC3)cc2C)c1. The maximum absolute atomic E-state index is 12.6. The highest BCUT2D eigenvalue weighted by Crippen LogP contribution is 2.26. The highest BCUT2D eigenvalue weighted by molar-refractivity contribution is 7.92. The second kappa shape index (κ2) is 7.06. The van der Waals surface area contributed by atoms with Crippen molar-refractivity contribution in [1.82, 2.24) is 4.90 Å². The Labute approximate surface area is 150 Å². The van der Waals surface area contributed by atoms with Crippen molar-refractivity contribution < 1.29 is 8.42 Å². The number of benzene rings is 2. The van der Waals surface area contributed by atoms with E-state index in [2.05, 4.69) is 27.6 Å². The number of hydrogen-bond donors (Lipinski definition) is 1. The van der Waals surface area contributed by atoms with Gasteiger partial charge in [-0.3, -0.25) is 4.72 Å². The summed E-state index contributed by atoms with van der Waals surface area (Å²) in [6.07, 6.45) is 0. The molecule has 0 aliphatic carbocycles. The van der Waals surface area contributed by atoms with Gasteiger partial charge < -0.3 is 9.80 Å². The molecule has 1 aliphatic rings. The van der Waals surface area contributed by atoms with Crippen LogP contribution in [0.4, 0.5) is 11.4 Å². The highest BCUT2D eigenvalue weighted by atomic mass is 32.2. The Morgan fingerprint density at radius 3 is 2.32 bits per heavy atom. The van der Waals surface area contributed by atoms with E-state index in [-0.39, 0.29) is 4.90 Å². The van der Waals surface area contributed by atoms with Gasteiger partial charge in [0, 0.05) is 31.9 Å². The summed E-state index contributed by atoms with van der Waals surface area (Å²) in [5.41, 5.74) is 3.61. The molecule has 0 saturated carbocycles. The van der Waals surface area contributed by atoms with Crippen molar-refractivity contribution in [3.8, 4) is 0 Å². The lowest BCUT2D eigenvalue weighted by Crippen LogP contribution is -2.44. The number of aryl methyl sites for hydroxylation is 2. The minimum atomic E-state index is -3.57. The number of rotatable bonds is 4. The van der Waals surface area contributed by atoms with E-state index >= 15 is 0 Å². The molecule has 1 saturated heterocycles. The minimum Gasteiger partial charge on any atom is -0.369 e. The maximum Gasteiger partial charge on any atom is 0.261 e. The average molecular weight is 359 g/mol. The summed E-state index contributed by atoms with van der Waals surface area (Å²) in [6, 6.07) is 12.8. The van der Waals surface area contributed by atoms with Crippen LogP contribution >= 0.6 is 0 Å². The van der Waals surface area contributed by atoms with Crippen molar-refractivity contribution in [1.29, 1.82) is 0 Å². The van der Waals surface area contributed by atoms with Crippen LogP contribution in [0.1, 0.15) is 11.1 Å². The van der Waals surface area contributed by atoms with Gasteiger partial charge in [0.1, 0.15) is 0 Å². The molecule has 5 nitrogen and oxygen atoms in total. The van der Waals surface area contributed by atoms with E-state index in [1.165, 1.54) is 0 Å². The molecule has 0 radical (unpaired) electrons. The van der Waals surface area contributed by atoms with E-state index in [4.69, 9.17) is 0 Å². The molecule has 25 heavy (non-hydrogen) atoms. The monoisotopic (exact) mass is 359 g/mol. The summed E-state index contributed by atoms with van der Waals surface area (Å²) in [4.78, 5) is 4.94. The van der Waals surface area contributed by atoms with Gasteiger partial charge >= 0.3 is 0 Å². The quantitative estimate of drug-likeness (QED) is 0.912. The Morgan fingerprint density at radius 2 is 1.68 bits per heavy atom. The molecule has 1 N–H and O–H groups in total. The lowest BCUT2D eigenvalue weighted by molar-refractivity contribution is 0.313. The van der Waals surface area contributed by atoms with E-state index in [9.17, 15) is 8.42 Å². The zero-order valence-corrected chi connectivity index (χ0v) is 15.8. The molecule has 134 valence electrons. The second-order valence-corrected chi connectivity index (χ2v) is 8.39. The van der Waals surface area contributed by atoms with Crippen LogP contribution in [0, 0.1) is 13.8 Å². The van der Waals surface area contributed by atoms with Gasteiger partial charge in [0.15, 0.2) is 0 Å². The first-order chi connectivity index (χ1) is 11.8. The average Bonchev–Trinajstić information content (AvgIpc) is 2.57. The maximum atomic E-state index is 12.6. The molecular weight excluding hydrogens is 334 g/mol. The minimum absolute atomic E-state index is 0.287. The zero-order chi connectivity index (χ0) is 18.0. The number of nitrogens with one attached hydrogen (secondary N) is 1. The number of piperazine rings is 1. The van der Waals surface area contributed by atoms with E-state index in [1.807, 2.05) is 32.0 Å². The number of likely N-dealkylation sites (N-methyl/N-ethyl adjacent to an activating group) is 1. The normalized spacial score (nSPS) is 16.0. The molecule has 0 bridgehead atoms. The Hall–Kier alpha value is -2.05. The number of anilines is 2. The summed E-state index contributed by atoms with van der Waals surface area (Å²) < 4.78 is 27.9. The summed E-state index contributed by atoms with van der Waals surface area (Å²) in [5.74, 6) is 0. The third kappa shape index (κ3) is 4.14. The van der Waals surface area contributed by atoms with Crippen LogP contribution in [0.25, 0.3) is 0 Å². The predicted octanol–water partition coefficient (Wildman–Crippen LogP) is 2.86. The lowest BCUT2D eigenvalue weighted by atomic mass is 10.1. The van der Waals surface area contributed by atoms with Crippen molar-refractivity contribution in [2.45, 2.75) is 18.7 Å². The Morgan fingerprint density at radius 1 is 0.960 bits per heavy atom. The van der Waals surface area contributed by atoms with Crippen LogP contribution in [-0.4, -0.2) is 46.5 Å². The fourth-order valence-corrected chi connectivity index (χ4v) is 4.25. The summed E-state index contributed by atoms with van der Waals surface area (Å²) in [7, 11) is -1.44. The Kier molecular flexibility index (Phi) is 5.01. The third-order valence-electron chi connectivity index (χ3n) is 4.62. The fourth-order valence-electron chi connectivity index (χ4n) is 3.01.